The normalized spacial score (nSPS) is 10.1. The first-order valence-electron chi connectivity index (χ1n) is 5.23. The second-order valence-corrected chi connectivity index (χ2v) is 3.27. The quantitative estimate of drug-likeness (QED) is 0.378. The fourth-order valence-electron chi connectivity index (χ4n) is 0.794. The van der Waals surface area contributed by atoms with Crippen LogP contribution in [0.4, 0.5) is 0 Å². The van der Waals surface area contributed by atoms with E-state index in [2.05, 4.69) is 6.58 Å². The van der Waals surface area contributed by atoms with Crippen molar-refractivity contribution in [1.29, 1.82) is 0 Å². The summed E-state index contributed by atoms with van der Waals surface area (Å²) in [5.41, 5.74) is 0.328. The highest BCUT2D eigenvalue weighted by Gasteiger charge is 2.03. The number of esters is 2. The minimum Gasteiger partial charge on any atom is -0.459 e. The molecule has 0 N–H and O–H groups in total. The topological polar surface area (TPSA) is 52.6 Å². The van der Waals surface area contributed by atoms with Gasteiger partial charge in [0.2, 0.25) is 0 Å². The lowest BCUT2D eigenvalue weighted by molar-refractivity contribution is -0.146. The minimum absolute atomic E-state index is 0.0546. The maximum Gasteiger partial charge on any atom is 0.333 e. The molecule has 0 saturated carbocycles. The van der Waals surface area contributed by atoms with Crippen molar-refractivity contribution >= 4 is 11.9 Å². The largest absolute Gasteiger partial charge is 0.459 e. The monoisotopic (exact) mass is 226 g/mol. The Morgan fingerprint density at radius 3 is 2.44 bits per heavy atom. The molecule has 4 nitrogen and oxygen atoms in total. The van der Waals surface area contributed by atoms with Crippen LogP contribution >= 0.6 is 0 Å². The Bertz CT molecular complexity index is 279. The van der Waals surface area contributed by atoms with Gasteiger partial charge in [-0.2, -0.15) is 0 Å². The van der Waals surface area contributed by atoms with E-state index >= 15 is 0 Å². The number of hydrogen-bond donors (Lipinski definition) is 0. The van der Waals surface area contributed by atoms with Crippen molar-refractivity contribution < 1.29 is 19.1 Å². The summed E-state index contributed by atoms with van der Waals surface area (Å²) in [6.45, 7) is 7.12. The van der Waals surface area contributed by atoms with Crippen molar-refractivity contribution in [2.45, 2.75) is 26.7 Å². The first kappa shape index (κ1) is 14.4. The summed E-state index contributed by atoms with van der Waals surface area (Å²) in [7, 11) is 0. The Balaban J connectivity index is 3.55. The molecule has 0 atom stereocenters. The van der Waals surface area contributed by atoms with Gasteiger partial charge in [0.15, 0.2) is 0 Å². The smallest absolute Gasteiger partial charge is 0.333 e. The third kappa shape index (κ3) is 7.79. The van der Waals surface area contributed by atoms with Gasteiger partial charge in [-0.15, -0.1) is 0 Å². The molecular formula is C12H18O4. The molecule has 0 bridgehead atoms. The highest BCUT2D eigenvalue weighted by Crippen LogP contribution is 1.93. The lowest BCUT2D eigenvalue weighted by atomic mass is 10.3. The van der Waals surface area contributed by atoms with Gasteiger partial charge < -0.3 is 9.47 Å². The van der Waals surface area contributed by atoms with Gasteiger partial charge in [0.05, 0.1) is 0 Å². The molecule has 16 heavy (non-hydrogen) atoms. The third-order valence-corrected chi connectivity index (χ3v) is 1.62. The molecule has 0 amide bonds. The standard InChI is InChI=1S/C12H18O4/c1-4-5-6-7-11(13)15-8-9-16-12(14)10(2)3/h6-7H,2,4-5,8-9H2,1,3H3/b7-6+. The summed E-state index contributed by atoms with van der Waals surface area (Å²) >= 11 is 0. The molecule has 0 aromatic heterocycles. The van der Waals surface area contributed by atoms with E-state index in [0.29, 0.717) is 5.57 Å². The van der Waals surface area contributed by atoms with Gasteiger partial charge in [-0.3, -0.25) is 0 Å². The van der Waals surface area contributed by atoms with Crippen LogP contribution in [-0.2, 0) is 19.1 Å². The molecule has 90 valence electrons. The maximum absolute atomic E-state index is 11.0. The summed E-state index contributed by atoms with van der Waals surface area (Å²) < 4.78 is 9.53. The number of carbonyl (C=O) groups is 2. The second-order valence-electron chi connectivity index (χ2n) is 3.27. The number of allylic oxidation sites excluding steroid dienone is 1. The predicted octanol–water partition coefficient (Wildman–Crippen LogP) is 2.01. The van der Waals surface area contributed by atoms with E-state index in [-0.39, 0.29) is 13.2 Å². The molecule has 0 spiro atoms. The van der Waals surface area contributed by atoms with Gasteiger partial charge in [-0.05, 0) is 13.3 Å². The average Bonchev–Trinajstić information content (AvgIpc) is 2.24. The van der Waals surface area contributed by atoms with E-state index < -0.39 is 11.9 Å². The highest BCUT2D eigenvalue weighted by atomic mass is 16.6. The number of unbranched alkanes of at least 4 members (excludes halogenated alkanes) is 1. The first-order valence-corrected chi connectivity index (χ1v) is 5.23. The lowest BCUT2D eigenvalue weighted by Gasteiger charge is -2.04. The van der Waals surface area contributed by atoms with Crippen molar-refractivity contribution in [3.8, 4) is 0 Å². The number of rotatable bonds is 7. The molecule has 0 aliphatic carbocycles. The first-order chi connectivity index (χ1) is 7.57. The lowest BCUT2D eigenvalue weighted by Crippen LogP contribution is -2.12. The summed E-state index contributed by atoms with van der Waals surface area (Å²) in [5, 5.41) is 0. The second kappa shape index (κ2) is 8.71. The van der Waals surface area contributed by atoms with Crippen molar-refractivity contribution in [2.24, 2.45) is 0 Å². The van der Waals surface area contributed by atoms with Gasteiger partial charge in [-0.1, -0.05) is 26.0 Å². The third-order valence-electron chi connectivity index (χ3n) is 1.62. The van der Waals surface area contributed by atoms with Crippen molar-refractivity contribution in [3.05, 3.63) is 24.3 Å². The Labute approximate surface area is 95.9 Å². The van der Waals surface area contributed by atoms with Crippen LogP contribution < -0.4 is 0 Å². The van der Waals surface area contributed by atoms with E-state index in [1.54, 1.807) is 13.0 Å². The fourth-order valence-corrected chi connectivity index (χ4v) is 0.794. The SMILES string of the molecule is C=C(C)C(=O)OCCOC(=O)/C=C/CCC. The molecule has 0 aliphatic heterocycles. The van der Waals surface area contributed by atoms with Crippen LogP contribution in [0.3, 0.4) is 0 Å². The van der Waals surface area contributed by atoms with E-state index in [1.165, 1.54) is 6.08 Å². The molecule has 0 aromatic rings. The van der Waals surface area contributed by atoms with Crippen LogP contribution in [0.1, 0.15) is 26.7 Å². The van der Waals surface area contributed by atoms with Crippen LogP contribution in [0.2, 0.25) is 0 Å². The Morgan fingerprint density at radius 2 is 1.88 bits per heavy atom. The zero-order valence-corrected chi connectivity index (χ0v) is 9.82. The Hall–Kier alpha value is -1.58. The van der Waals surface area contributed by atoms with E-state index in [9.17, 15) is 9.59 Å². The molecular weight excluding hydrogens is 208 g/mol. The van der Waals surface area contributed by atoms with Crippen molar-refractivity contribution in [3.63, 3.8) is 0 Å². The molecule has 0 rings (SSSR count). The predicted molar refractivity (Wildman–Crippen MR) is 60.8 cm³/mol. The maximum atomic E-state index is 11.0. The van der Waals surface area contributed by atoms with E-state index in [4.69, 9.17) is 9.47 Å². The van der Waals surface area contributed by atoms with Gasteiger partial charge >= 0.3 is 11.9 Å². The zero-order chi connectivity index (χ0) is 12.4. The minimum atomic E-state index is -0.474. The van der Waals surface area contributed by atoms with Crippen LogP contribution in [-0.4, -0.2) is 25.2 Å². The molecule has 0 fully saturated rings. The van der Waals surface area contributed by atoms with Crippen LogP contribution in [0.5, 0.6) is 0 Å². The molecule has 0 saturated heterocycles. The van der Waals surface area contributed by atoms with Gasteiger partial charge in [-0.25, -0.2) is 9.59 Å². The summed E-state index contributed by atoms with van der Waals surface area (Å²) in [6, 6.07) is 0. The van der Waals surface area contributed by atoms with Crippen LogP contribution in [0.15, 0.2) is 24.3 Å². The summed E-state index contributed by atoms with van der Waals surface area (Å²) in [6.07, 6.45) is 4.96. The summed E-state index contributed by atoms with van der Waals surface area (Å²) in [4.78, 5) is 22.0. The molecule has 0 aromatic carbocycles. The molecule has 4 heteroatoms. The molecule has 0 heterocycles. The van der Waals surface area contributed by atoms with E-state index in [1.807, 2.05) is 6.92 Å². The van der Waals surface area contributed by atoms with Gasteiger partial charge in [0.1, 0.15) is 13.2 Å². The number of carbonyl (C=O) groups excluding carboxylic acids is 2. The van der Waals surface area contributed by atoms with Crippen molar-refractivity contribution in [1.82, 2.24) is 0 Å². The number of ether oxygens (including phenoxy) is 2. The fraction of sp³-hybridized carbons (Fsp3) is 0.500. The van der Waals surface area contributed by atoms with E-state index in [0.717, 1.165) is 12.8 Å². The van der Waals surface area contributed by atoms with Crippen LogP contribution in [0.25, 0.3) is 0 Å². The highest BCUT2D eigenvalue weighted by molar-refractivity contribution is 5.87. The number of hydrogen-bond acceptors (Lipinski definition) is 4. The van der Waals surface area contributed by atoms with Crippen molar-refractivity contribution in [2.75, 3.05) is 13.2 Å². The molecule has 0 unspecified atom stereocenters. The average molecular weight is 226 g/mol. The van der Waals surface area contributed by atoms with Gasteiger partial charge in [0, 0.05) is 11.6 Å². The molecule has 0 aliphatic rings. The Morgan fingerprint density at radius 1 is 1.25 bits per heavy atom. The zero-order valence-electron chi connectivity index (χ0n) is 9.82. The summed E-state index contributed by atoms with van der Waals surface area (Å²) in [5.74, 6) is -0.891. The van der Waals surface area contributed by atoms with Crippen LogP contribution in [0, 0.1) is 0 Å². The van der Waals surface area contributed by atoms with Gasteiger partial charge in [0.25, 0.3) is 0 Å². The molecule has 0 radical (unpaired) electrons. The Kier molecular flexibility index (Phi) is 7.85.